The van der Waals surface area contributed by atoms with Gasteiger partial charge in [-0.3, -0.25) is 9.78 Å². The summed E-state index contributed by atoms with van der Waals surface area (Å²) in [6.07, 6.45) is 4.20. The van der Waals surface area contributed by atoms with Crippen LogP contribution in [0.2, 0.25) is 0 Å². The monoisotopic (exact) mass is 356 g/mol. The van der Waals surface area contributed by atoms with Crippen LogP contribution in [0, 0.1) is 6.92 Å². The van der Waals surface area contributed by atoms with Crippen molar-refractivity contribution < 1.29 is 4.79 Å². The molecule has 134 valence electrons. The Morgan fingerprint density at radius 2 is 1.78 bits per heavy atom. The number of benzene rings is 2. The maximum Gasteiger partial charge on any atom is 0.227 e. The van der Waals surface area contributed by atoms with Gasteiger partial charge in [-0.1, -0.05) is 42.5 Å². The maximum atomic E-state index is 11.0. The second-order valence-electron chi connectivity index (χ2n) is 6.53. The molecule has 0 fully saturated rings. The van der Waals surface area contributed by atoms with Crippen LogP contribution < -0.4 is 10.7 Å². The summed E-state index contributed by atoms with van der Waals surface area (Å²) in [6, 6.07) is 20.4. The summed E-state index contributed by atoms with van der Waals surface area (Å²) in [7, 11) is 0. The molecule has 2 atom stereocenters. The van der Waals surface area contributed by atoms with Crippen LogP contribution in [0.3, 0.4) is 0 Å². The maximum absolute atomic E-state index is 11.0. The molecule has 3 aromatic rings. The van der Waals surface area contributed by atoms with Gasteiger partial charge < -0.3 is 5.32 Å². The van der Waals surface area contributed by atoms with E-state index in [1.807, 2.05) is 42.5 Å². The minimum absolute atomic E-state index is 0.0306. The van der Waals surface area contributed by atoms with Crippen LogP contribution in [0.1, 0.15) is 34.2 Å². The van der Waals surface area contributed by atoms with Gasteiger partial charge in [0, 0.05) is 23.6 Å². The molecule has 0 saturated heterocycles. The Balaban J connectivity index is 1.95. The Kier molecular flexibility index (Phi) is 4.66. The molecule has 2 aromatic carbocycles. The third-order valence-corrected chi connectivity index (χ3v) is 4.93. The van der Waals surface area contributed by atoms with E-state index in [0.717, 1.165) is 33.7 Å². The van der Waals surface area contributed by atoms with E-state index in [1.54, 1.807) is 12.4 Å². The third-order valence-electron chi connectivity index (χ3n) is 4.93. The molecule has 0 spiro atoms. The lowest BCUT2D eigenvalue weighted by Crippen LogP contribution is -2.34. The molecule has 5 heteroatoms. The average molecular weight is 356 g/mol. The average Bonchev–Trinajstić information content (AvgIpc) is 2.73. The van der Waals surface area contributed by atoms with Gasteiger partial charge in [0.1, 0.15) is 0 Å². The first-order chi connectivity index (χ1) is 13.3. The van der Waals surface area contributed by atoms with Gasteiger partial charge in [-0.2, -0.15) is 5.10 Å². The first kappa shape index (κ1) is 17.0. The number of fused-ring (bicyclic) bond motifs is 1. The summed E-state index contributed by atoms with van der Waals surface area (Å²) < 4.78 is 0. The zero-order valence-electron chi connectivity index (χ0n) is 15.0. The molecule has 2 heterocycles. The van der Waals surface area contributed by atoms with Crippen LogP contribution in [-0.2, 0) is 4.79 Å². The van der Waals surface area contributed by atoms with Crippen molar-refractivity contribution in [2.24, 2.45) is 5.10 Å². The fourth-order valence-corrected chi connectivity index (χ4v) is 3.77. The van der Waals surface area contributed by atoms with Gasteiger partial charge >= 0.3 is 0 Å². The standard InChI is InChI=1S/C22H20N4O/c1-15-6-5-9-18-19(15)22(26-24-14-27)20(16-7-3-2-4-8-16)21(25-18)17-10-12-23-13-11-17/h2-14,20-21,25H,1H3,(H,24,27)/b26-22+. The van der Waals surface area contributed by atoms with Crippen molar-refractivity contribution in [3.05, 3.63) is 95.3 Å². The largest absolute Gasteiger partial charge is 0.377 e. The Morgan fingerprint density at radius 3 is 2.52 bits per heavy atom. The molecular weight excluding hydrogens is 336 g/mol. The second-order valence-corrected chi connectivity index (χ2v) is 6.53. The zero-order chi connectivity index (χ0) is 18.6. The topological polar surface area (TPSA) is 66.4 Å². The number of amides is 1. The van der Waals surface area contributed by atoms with Gasteiger partial charge in [0.05, 0.1) is 17.7 Å². The molecule has 0 bridgehead atoms. The smallest absolute Gasteiger partial charge is 0.227 e. The summed E-state index contributed by atoms with van der Waals surface area (Å²) >= 11 is 0. The number of pyridine rings is 1. The van der Waals surface area contributed by atoms with Gasteiger partial charge in [-0.25, -0.2) is 5.43 Å². The molecule has 0 radical (unpaired) electrons. The van der Waals surface area contributed by atoms with Crippen LogP contribution in [0.4, 0.5) is 5.69 Å². The van der Waals surface area contributed by atoms with Crippen molar-refractivity contribution in [1.29, 1.82) is 0 Å². The highest BCUT2D eigenvalue weighted by Gasteiger charge is 2.36. The highest BCUT2D eigenvalue weighted by Crippen LogP contribution is 2.43. The molecule has 1 aromatic heterocycles. The highest BCUT2D eigenvalue weighted by atomic mass is 16.1. The van der Waals surface area contributed by atoms with E-state index in [-0.39, 0.29) is 12.0 Å². The van der Waals surface area contributed by atoms with Crippen LogP contribution in [0.25, 0.3) is 0 Å². The minimum atomic E-state index is -0.0605. The molecular formula is C22H20N4O. The van der Waals surface area contributed by atoms with E-state index in [2.05, 4.69) is 46.0 Å². The van der Waals surface area contributed by atoms with Crippen molar-refractivity contribution in [3.8, 4) is 0 Å². The van der Waals surface area contributed by atoms with Crippen molar-refractivity contribution >= 4 is 17.8 Å². The normalized spacial score (nSPS) is 19.8. The molecule has 1 aliphatic rings. The summed E-state index contributed by atoms with van der Waals surface area (Å²) in [4.78, 5) is 15.1. The van der Waals surface area contributed by atoms with Crippen LogP contribution >= 0.6 is 0 Å². The number of nitrogens with one attached hydrogen (secondary N) is 2. The van der Waals surface area contributed by atoms with E-state index in [1.165, 1.54) is 0 Å². The molecule has 0 aliphatic carbocycles. The van der Waals surface area contributed by atoms with Gasteiger partial charge in [0.2, 0.25) is 6.41 Å². The van der Waals surface area contributed by atoms with Crippen LogP contribution in [0.5, 0.6) is 0 Å². The van der Waals surface area contributed by atoms with Gasteiger partial charge in [-0.15, -0.1) is 0 Å². The Hall–Kier alpha value is -3.47. The van der Waals surface area contributed by atoms with Gasteiger partial charge in [-0.05, 0) is 41.8 Å². The molecule has 2 N–H and O–H groups in total. The number of rotatable bonds is 4. The minimum Gasteiger partial charge on any atom is -0.377 e. The summed E-state index contributed by atoms with van der Waals surface area (Å²) in [5, 5.41) is 8.16. The first-order valence-electron chi connectivity index (χ1n) is 8.87. The third kappa shape index (κ3) is 3.19. The lowest BCUT2D eigenvalue weighted by molar-refractivity contribution is -0.109. The molecule has 2 unspecified atom stereocenters. The van der Waals surface area contributed by atoms with Crippen molar-refractivity contribution in [3.63, 3.8) is 0 Å². The fraction of sp³-hybridized carbons (Fsp3) is 0.136. The number of nitrogens with zero attached hydrogens (tertiary/aromatic N) is 2. The molecule has 4 rings (SSSR count). The Bertz CT molecular complexity index is 970. The van der Waals surface area contributed by atoms with E-state index < -0.39 is 0 Å². The quantitative estimate of drug-likeness (QED) is 0.552. The SMILES string of the molecule is Cc1cccc2c1/C(=N\NC=O)C(c1ccccc1)C(c1ccncc1)N2. The summed E-state index contributed by atoms with van der Waals surface area (Å²) in [5.74, 6) is -0.0605. The van der Waals surface area contributed by atoms with Crippen molar-refractivity contribution in [1.82, 2.24) is 10.4 Å². The summed E-state index contributed by atoms with van der Waals surface area (Å²) in [6.45, 7) is 2.06. The molecule has 0 saturated carbocycles. The van der Waals surface area contributed by atoms with E-state index >= 15 is 0 Å². The van der Waals surface area contributed by atoms with E-state index in [0.29, 0.717) is 6.41 Å². The van der Waals surface area contributed by atoms with Gasteiger partial charge in [0.15, 0.2) is 0 Å². The van der Waals surface area contributed by atoms with Crippen molar-refractivity contribution in [2.75, 3.05) is 5.32 Å². The lowest BCUT2D eigenvalue weighted by atomic mass is 9.77. The molecule has 5 nitrogen and oxygen atoms in total. The van der Waals surface area contributed by atoms with Crippen LogP contribution in [-0.4, -0.2) is 17.1 Å². The number of anilines is 1. The number of carbonyl (C=O) groups is 1. The predicted octanol–water partition coefficient (Wildman–Crippen LogP) is 3.79. The first-order valence-corrected chi connectivity index (χ1v) is 8.87. The summed E-state index contributed by atoms with van der Waals surface area (Å²) in [5.41, 5.74) is 8.78. The number of hydrogen-bond acceptors (Lipinski definition) is 4. The number of carbonyl (C=O) groups excluding carboxylic acids is 1. The number of hydrazone groups is 1. The zero-order valence-corrected chi connectivity index (χ0v) is 15.0. The van der Waals surface area contributed by atoms with Crippen molar-refractivity contribution in [2.45, 2.75) is 18.9 Å². The lowest BCUT2D eigenvalue weighted by Gasteiger charge is -2.37. The molecule has 1 aliphatic heterocycles. The molecule has 27 heavy (non-hydrogen) atoms. The van der Waals surface area contributed by atoms with Crippen LogP contribution in [0.15, 0.2) is 78.2 Å². The Morgan fingerprint density at radius 1 is 1.00 bits per heavy atom. The van der Waals surface area contributed by atoms with E-state index in [4.69, 9.17) is 0 Å². The Labute approximate surface area is 158 Å². The highest BCUT2D eigenvalue weighted by molar-refractivity contribution is 6.12. The number of hydrogen-bond donors (Lipinski definition) is 2. The second kappa shape index (κ2) is 7.41. The number of aryl methyl sites for hydroxylation is 1. The van der Waals surface area contributed by atoms with Gasteiger partial charge in [0.25, 0.3) is 0 Å². The van der Waals surface area contributed by atoms with E-state index in [9.17, 15) is 4.79 Å². The number of aromatic nitrogens is 1. The predicted molar refractivity (Wildman–Crippen MR) is 107 cm³/mol. The fourth-order valence-electron chi connectivity index (χ4n) is 3.77. The molecule has 1 amide bonds.